The summed E-state index contributed by atoms with van der Waals surface area (Å²) in [6.45, 7) is 1.63. The highest BCUT2D eigenvalue weighted by atomic mass is 32.1. The maximum absolute atomic E-state index is 9.68. The van der Waals surface area contributed by atoms with E-state index in [0.29, 0.717) is 6.54 Å². The van der Waals surface area contributed by atoms with Crippen LogP contribution in [0, 0.1) is 0 Å². The van der Waals surface area contributed by atoms with Gasteiger partial charge in [-0.1, -0.05) is 30.3 Å². The van der Waals surface area contributed by atoms with E-state index in [-0.39, 0.29) is 6.10 Å². The van der Waals surface area contributed by atoms with E-state index < -0.39 is 0 Å². The molecule has 5 heteroatoms. The molecule has 0 saturated carbocycles. The van der Waals surface area contributed by atoms with Crippen molar-refractivity contribution in [2.75, 3.05) is 18.0 Å². The van der Waals surface area contributed by atoms with Crippen LogP contribution in [0.5, 0.6) is 0 Å². The fourth-order valence-corrected chi connectivity index (χ4v) is 2.90. The minimum atomic E-state index is -0.233. The first-order chi connectivity index (χ1) is 8.83. The third-order valence-electron chi connectivity index (χ3n) is 3.11. The summed E-state index contributed by atoms with van der Waals surface area (Å²) in [5, 5.41) is 10.6. The second kappa shape index (κ2) is 5.04. The first kappa shape index (κ1) is 11.6. The van der Waals surface area contributed by atoms with Gasteiger partial charge in [0.15, 0.2) is 5.82 Å². The van der Waals surface area contributed by atoms with Crippen LogP contribution in [0.15, 0.2) is 30.3 Å². The van der Waals surface area contributed by atoms with Gasteiger partial charge < -0.3 is 10.0 Å². The molecule has 0 radical (unpaired) electrons. The highest BCUT2D eigenvalue weighted by molar-refractivity contribution is 7.09. The molecule has 1 aromatic carbocycles. The predicted octanol–water partition coefficient (Wildman–Crippen LogP) is 2.17. The van der Waals surface area contributed by atoms with Gasteiger partial charge in [-0.2, -0.15) is 9.36 Å². The summed E-state index contributed by atoms with van der Waals surface area (Å²) in [6, 6.07) is 9.98. The summed E-state index contributed by atoms with van der Waals surface area (Å²) < 4.78 is 4.39. The Kier molecular flexibility index (Phi) is 3.25. The molecule has 0 bridgehead atoms. The molecule has 1 fully saturated rings. The van der Waals surface area contributed by atoms with E-state index in [1.807, 2.05) is 30.3 Å². The average molecular weight is 261 g/mol. The van der Waals surface area contributed by atoms with Gasteiger partial charge in [-0.15, -0.1) is 0 Å². The Morgan fingerprint density at radius 3 is 2.89 bits per heavy atom. The molecule has 3 rings (SSSR count). The summed E-state index contributed by atoms with van der Waals surface area (Å²) >= 11 is 1.41. The van der Waals surface area contributed by atoms with Gasteiger partial charge >= 0.3 is 0 Å². The van der Waals surface area contributed by atoms with E-state index in [4.69, 9.17) is 0 Å². The zero-order valence-electron chi connectivity index (χ0n) is 9.99. The van der Waals surface area contributed by atoms with Crippen LogP contribution in [-0.2, 0) is 0 Å². The molecule has 1 N–H and O–H groups in total. The molecule has 4 nitrogen and oxygen atoms in total. The highest BCUT2D eigenvalue weighted by Crippen LogP contribution is 2.26. The number of hydrogen-bond donors (Lipinski definition) is 1. The van der Waals surface area contributed by atoms with Crippen molar-refractivity contribution in [2.24, 2.45) is 0 Å². The Labute approximate surface area is 110 Å². The van der Waals surface area contributed by atoms with Crippen LogP contribution in [-0.4, -0.2) is 33.7 Å². The zero-order chi connectivity index (χ0) is 12.4. The maximum atomic E-state index is 9.68. The Bertz CT molecular complexity index is 514. The van der Waals surface area contributed by atoms with Crippen molar-refractivity contribution < 1.29 is 5.11 Å². The summed E-state index contributed by atoms with van der Waals surface area (Å²) in [5.74, 6) is 0.774. The molecule has 1 atom stereocenters. The average Bonchev–Trinajstić information content (AvgIpc) is 2.89. The second-order valence-electron chi connectivity index (χ2n) is 4.51. The lowest BCUT2D eigenvalue weighted by atomic mass is 10.1. The molecule has 0 spiro atoms. The number of aliphatic hydroxyl groups excluding tert-OH is 1. The predicted molar refractivity (Wildman–Crippen MR) is 72.8 cm³/mol. The number of anilines is 1. The van der Waals surface area contributed by atoms with Gasteiger partial charge in [-0.05, 0) is 12.8 Å². The van der Waals surface area contributed by atoms with Gasteiger partial charge in [0.05, 0.1) is 6.10 Å². The molecule has 18 heavy (non-hydrogen) atoms. The Morgan fingerprint density at radius 1 is 1.28 bits per heavy atom. The standard InChI is InChI=1S/C13H15N3OS/c17-11-7-4-8-16(9-11)13-14-12(15-18-13)10-5-2-1-3-6-10/h1-3,5-6,11,17H,4,7-9H2. The Hall–Kier alpha value is -1.46. The largest absolute Gasteiger partial charge is 0.391 e. The molecular formula is C13H15N3OS. The molecule has 1 aliphatic rings. The first-order valence-electron chi connectivity index (χ1n) is 6.15. The van der Waals surface area contributed by atoms with Crippen molar-refractivity contribution in [2.45, 2.75) is 18.9 Å². The van der Waals surface area contributed by atoms with Crippen LogP contribution in [0.4, 0.5) is 5.13 Å². The van der Waals surface area contributed by atoms with E-state index in [2.05, 4.69) is 14.3 Å². The zero-order valence-corrected chi connectivity index (χ0v) is 10.8. The molecule has 1 aliphatic heterocycles. The molecular weight excluding hydrogens is 246 g/mol. The van der Waals surface area contributed by atoms with Crippen molar-refractivity contribution in [3.63, 3.8) is 0 Å². The third-order valence-corrected chi connectivity index (χ3v) is 3.89. The summed E-state index contributed by atoms with van der Waals surface area (Å²) in [4.78, 5) is 6.68. The Balaban J connectivity index is 1.81. The number of benzene rings is 1. The highest BCUT2D eigenvalue weighted by Gasteiger charge is 2.20. The molecule has 2 heterocycles. The van der Waals surface area contributed by atoms with E-state index >= 15 is 0 Å². The van der Waals surface area contributed by atoms with E-state index in [1.165, 1.54) is 11.5 Å². The van der Waals surface area contributed by atoms with Crippen molar-refractivity contribution in [1.82, 2.24) is 9.36 Å². The van der Waals surface area contributed by atoms with E-state index in [1.54, 1.807) is 0 Å². The molecule has 0 amide bonds. The lowest BCUT2D eigenvalue weighted by Gasteiger charge is -2.29. The number of aliphatic hydroxyl groups is 1. The van der Waals surface area contributed by atoms with Gasteiger partial charge in [0.1, 0.15) is 0 Å². The van der Waals surface area contributed by atoms with Gasteiger partial charge in [0.2, 0.25) is 5.13 Å². The van der Waals surface area contributed by atoms with Gasteiger partial charge in [0, 0.05) is 30.2 Å². The van der Waals surface area contributed by atoms with Crippen LogP contribution in [0.1, 0.15) is 12.8 Å². The number of β-amino-alcohol motifs (C(OH)–C–C–N with tert-alkyl or cyclic N) is 1. The second-order valence-corrected chi connectivity index (χ2v) is 5.24. The minimum absolute atomic E-state index is 0.233. The topological polar surface area (TPSA) is 49.2 Å². The molecule has 2 aromatic rings. The number of piperidine rings is 1. The fourth-order valence-electron chi connectivity index (χ4n) is 2.18. The van der Waals surface area contributed by atoms with Crippen LogP contribution >= 0.6 is 11.5 Å². The fraction of sp³-hybridized carbons (Fsp3) is 0.385. The normalized spacial score (nSPS) is 20.1. The minimum Gasteiger partial charge on any atom is -0.391 e. The van der Waals surface area contributed by atoms with Crippen molar-refractivity contribution in [3.05, 3.63) is 30.3 Å². The van der Waals surface area contributed by atoms with Crippen molar-refractivity contribution >= 4 is 16.7 Å². The molecule has 1 unspecified atom stereocenters. The summed E-state index contributed by atoms with van der Waals surface area (Å²) in [6.07, 6.45) is 1.67. The van der Waals surface area contributed by atoms with Gasteiger partial charge in [-0.25, -0.2) is 0 Å². The number of hydrogen-bond acceptors (Lipinski definition) is 5. The van der Waals surface area contributed by atoms with Crippen LogP contribution < -0.4 is 4.90 Å². The van der Waals surface area contributed by atoms with Gasteiger partial charge in [0.25, 0.3) is 0 Å². The van der Waals surface area contributed by atoms with Crippen LogP contribution in [0.2, 0.25) is 0 Å². The van der Waals surface area contributed by atoms with Crippen LogP contribution in [0.25, 0.3) is 11.4 Å². The number of rotatable bonds is 2. The maximum Gasteiger partial charge on any atom is 0.205 e. The first-order valence-corrected chi connectivity index (χ1v) is 6.92. The Morgan fingerprint density at radius 2 is 2.11 bits per heavy atom. The summed E-state index contributed by atoms with van der Waals surface area (Å²) in [5.41, 5.74) is 1.04. The lowest BCUT2D eigenvalue weighted by molar-refractivity contribution is 0.154. The lowest BCUT2D eigenvalue weighted by Crippen LogP contribution is -2.38. The molecule has 0 aliphatic carbocycles. The number of nitrogens with zero attached hydrogens (tertiary/aromatic N) is 3. The van der Waals surface area contributed by atoms with E-state index in [9.17, 15) is 5.11 Å². The molecule has 1 aromatic heterocycles. The van der Waals surface area contributed by atoms with Crippen molar-refractivity contribution in [3.8, 4) is 11.4 Å². The molecule has 94 valence electrons. The SMILES string of the molecule is OC1CCCN(c2nc(-c3ccccc3)ns2)C1. The monoisotopic (exact) mass is 261 g/mol. The quantitative estimate of drug-likeness (QED) is 0.900. The van der Waals surface area contributed by atoms with Crippen LogP contribution in [0.3, 0.4) is 0 Å². The smallest absolute Gasteiger partial charge is 0.205 e. The third kappa shape index (κ3) is 2.37. The summed E-state index contributed by atoms with van der Waals surface area (Å²) in [7, 11) is 0. The van der Waals surface area contributed by atoms with Gasteiger partial charge in [-0.3, -0.25) is 0 Å². The molecule has 1 saturated heterocycles. The van der Waals surface area contributed by atoms with E-state index in [0.717, 1.165) is 35.9 Å². The van der Waals surface area contributed by atoms with Crippen molar-refractivity contribution in [1.29, 1.82) is 0 Å². The number of aromatic nitrogens is 2.